The Balaban J connectivity index is 2.34. The Morgan fingerprint density at radius 3 is 2.70 bits per heavy atom. The predicted octanol–water partition coefficient (Wildman–Crippen LogP) is 1.56. The van der Waals surface area contributed by atoms with E-state index in [1.165, 1.54) is 12.8 Å². The van der Waals surface area contributed by atoms with E-state index in [4.69, 9.17) is 6.42 Å². The summed E-state index contributed by atoms with van der Waals surface area (Å²) in [5, 5.41) is 9.40. The van der Waals surface area contributed by atoms with Crippen LogP contribution in [0.5, 0.6) is 0 Å². The first kappa shape index (κ1) is 7.63. The van der Waals surface area contributed by atoms with Gasteiger partial charge in [-0.1, -0.05) is 12.8 Å². The normalized spacial score (nSPS) is 33.2. The third kappa shape index (κ3) is 1.75. The molecule has 56 valence electrons. The van der Waals surface area contributed by atoms with Gasteiger partial charge in [0.1, 0.15) is 0 Å². The van der Waals surface area contributed by atoms with Gasteiger partial charge in [0.2, 0.25) is 0 Å². The summed E-state index contributed by atoms with van der Waals surface area (Å²) in [6, 6.07) is 0. The van der Waals surface area contributed by atoms with Gasteiger partial charge >= 0.3 is 0 Å². The second-order valence-corrected chi connectivity index (χ2v) is 3.02. The topological polar surface area (TPSA) is 20.2 Å². The van der Waals surface area contributed by atoms with Crippen LogP contribution in [0, 0.1) is 18.3 Å². The maximum absolute atomic E-state index is 9.40. The molecule has 0 aromatic carbocycles. The van der Waals surface area contributed by atoms with Gasteiger partial charge in [0, 0.05) is 6.42 Å². The minimum atomic E-state index is -0.121. The van der Waals surface area contributed by atoms with E-state index in [2.05, 4.69) is 5.92 Å². The first-order valence-corrected chi connectivity index (χ1v) is 3.96. The van der Waals surface area contributed by atoms with E-state index in [0.717, 1.165) is 19.3 Å². The van der Waals surface area contributed by atoms with Crippen LogP contribution in [0.2, 0.25) is 0 Å². The Morgan fingerprint density at radius 1 is 1.40 bits per heavy atom. The molecule has 0 aromatic heterocycles. The molecule has 1 heteroatoms. The molecular weight excluding hydrogens is 124 g/mol. The fourth-order valence-corrected chi connectivity index (χ4v) is 1.58. The van der Waals surface area contributed by atoms with Crippen molar-refractivity contribution < 1.29 is 5.11 Å². The second-order valence-electron chi connectivity index (χ2n) is 3.02. The smallest absolute Gasteiger partial charge is 0.0577 e. The molecule has 1 aliphatic rings. The molecule has 0 spiro atoms. The Kier molecular flexibility index (Phi) is 2.77. The molecule has 0 bridgehead atoms. The van der Waals surface area contributed by atoms with Gasteiger partial charge in [-0.25, -0.2) is 0 Å². The largest absolute Gasteiger partial charge is 0.393 e. The molecule has 10 heavy (non-hydrogen) atoms. The summed E-state index contributed by atoms with van der Waals surface area (Å²) in [5.74, 6) is 3.00. The highest BCUT2D eigenvalue weighted by atomic mass is 16.3. The van der Waals surface area contributed by atoms with Crippen LogP contribution in [0.3, 0.4) is 0 Å². The molecule has 0 aliphatic heterocycles. The van der Waals surface area contributed by atoms with Gasteiger partial charge < -0.3 is 5.11 Å². The first-order valence-electron chi connectivity index (χ1n) is 3.96. The van der Waals surface area contributed by atoms with Crippen LogP contribution < -0.4 is 0 Å². The molecule has 0 unspecified atom stereocenters. The summed E-state index contributed by atoms with van der Waals surface area (Å²) in [6.07, 6.45) is 10.3. The lowest BCUT2D eigenvalue weighted by Gasteiger charge is -2.25. The van der Waals surface area contributed by atoms with Crippen LogP contribution in [-0.4, -0.2) is 11.2 Å². The van der Waals surface area contributed by atoms with Crippen LogP contribution in [-0.2, 0) is 0 Å². The highest BCUT2D eigenvalue weighted by Crippen LogP contribution is 2.26. The monoisotopic (exact) mass is 138 g/mol. The van der Waals surface area contributed by atoms with Crippen LogP contribution in [0.15, 0.2) is 0 Å². The molecule has 0 aromatic rings. The molecule has 1 nitrogen and oxygen atoms in total. The average Bonchev–Trinajstić information content (AvgIpc) is 1.94. The van der Waals surface area contributed by atoms with Crippen LogP contribution >= 0.6 is 0 Å². The van der Waals surface area contributed by atoms with Crippen molar-refractivity contribution in [3.8, 4) is 12.3 Å². The van der Waals surface area contributed by atoms with E-state index in [-0.39, 0.29) is 6.10 Å². The fraction of sp³-hybridized carbons (Fsp3) is 0.778. The molecule has 1 N–H and O–H groups in total. The van der Waals surface area contributed by atoms with Crippen molar-refractivity contribution in [3.05, 3.63) is 0 Å². The maximum Gasteiger partial charge on any atom is 0.0577 e. The van der Waals surface area contributed by atoms with Gasteiger partial charge in [-0.3, -0.25) is 0 Å². The van der Waals surface area contributed by atoms with Crippen molar-refractivity contribution in [2.24, 2.45) is 5.92 Å². The van der Waals surface area contributed by atoms with Crippen molar-refractivity contribution in [2.45, 2.75) is 38.2 Å². The number of rotatable bonds is 1. The van der Waals surface area contributed by atoms with Gasteiger partial charge in [0.25, 0.3) is 0 Å². The lowest BCUT2D eigenvalue weighted by molar-refractivity contribution is 0.0725. The molecule has 1 aliphatic carbocycles. The Labute approximate surface area is 62.4 Å². The zero-order valence-electron chi connectivity index (χ0n) is 6.21. The number of hydrogen-bond acceptors (Lipinski definition) is 1. The van der Waals surface area contributed by atoms with Crippen molar-refractivity contribution in [3.63, 3.8) is 0 Å². The van der Waals surface area contributed by atoms with Crippen molar-refractivity contribution in [1.29, 1.82) is 0 Å². The zero-order valence-corrected chi connectivity index (χ0v) is 6.21. The van der Waals surface area contributed by atoms with Crippen molar-refractivity contribution in [2.75, 3.05) is 0 Å². The van der Waals surface area contributed by atoms with E-state index < -0.39 is 0 Å². The summed E-state index contributed by atoms with van der Waals surface area (Å²) in [5.41, 5.74) is 0. The lowest BCUT2D eigenvalue weighted by atomic mass is 9.85. The molecule has 0 saturated heterocycles. The first-order chi connectivity index (χ1) is 4.84. The van der Waals surface area contributed by atoms with Gasteiger partial charge in [0.15, 0.2) is 0 Å². The van der Waals surface area contributed by atoms with Gasteiger partial charge in [-0.05, 0) is 18.8 Å². The molecule has 1 rings (SSSR count). The van der Waals surface area contributed by atoms with Crippen molar-refractivity contribution in [1.82, 2.24) is 0 Å². The van der Waals surface area contributed by atoms with Crippen molar-refractivity contribution >= 4 is 0 Å². The second kappa shape index (κ2) is 3.63. The third-order valence-electron chi connectivity index (χ3n) is 2.25. The standard InChI is InChI=1S/C9H14O/c1-2-5-8-6-3-4-7-9(8)10/h1,8-10H,3-7H2/t8-,9-/m1/s1. The quantitative estimate of drug-likeness (QED) is 0.545. The number of hydrogen-bond donors (Lipinski definition) is 1. The van der Waals surface area contributed by atoms with Gasteiger partial charge in [-0.2, -0.15) is 0 Å². The molecule has 1 fully saturated rings. The Bertz CT molecular complexity index is 134. The van der Waals surface area contributed by atoms with Crippen LogP contribution in [0.25, 0.3) is 0 Å². The Morgan fingerprint density at radius 2 is 2.10 bits per heavy atom. The molecule has 1 saturated carbocycles. The van der Waals surface area contributed by atoms with E-state index in [9.17, 15) is 5.11 Å². The van der Waals surface area contributed by atoms with E-state index in [0.29, 0.717) is 5.92 Å². The van der Waals surface area contributed by atoms with E-state index in [1.54, 1.807) is 0 Å². The summed E-state index contributed by atoms with van der Waals surface area (Å²) in [7, 11) is 0. The van der Waals surface area contributed by atoms with Crippen LogP contribution in [0.4, 0.5) is 0 Å². The summed E-state index contributed by atoms with van der Waals surface area (Å²) in [4.78, 5) is 0. The molecule has 0 amide bonds. The minimum Gasteiger partial charge on any atom is -0.393 e. The summed E-state index contributed by atoms with van der Waals surface area (Å²) in [6.45, 7) is 0. The van der Waals surface area contributed by atoms with Gasteiger partial charge in [-0.15, -0.1) is 12.3 Å². The third-order valence-corrected chi connectivity index (χ3v) is 2.25. The highest BCUT2D eigenvalue weighted by molar-refractivity contribution is 4.90. The molecule has 0 radical (unpaired) electrons. The Hall–Kier alpha value is -0.480. The SMILES string of the molecule is C#CC[C@@H]1CCCC[C@H]1O. The summed E-state index contributed by atoms with van der Waals surface area (Å²) >= 11 is 0. The summed E-state index contributed by atoms with van der Waals surface area (Å²) < 4.78 is 0. The fourth-order valence-electron chi connectivity index (χ4n) is 1.58. The molecular formula is C9H14O. The van der Waals surface area contributed by atoms with E-state index in [1.807, 2.05) is 0 Å². The molecule has 2 atom stereocenters. The van der Waals surface area contributed by atoms with Gasteiger partial charge in [0.05, 0.1) is 6.10 Å². The van der Waals surface area contributed by atoms with E-state index >= 15 is 0 Å². The highest BCUT2D eigenvalue weighted by Gasteiger charge is 2.21. The zero-order chi connectivity index (χ0) is 7.40. The lowest BCUT2D eigenvalue weighted by Crippen LogP contribution is -2.23. The number of aliphatic hydroxyl groups excluding tert-OH is 1. The molecule has 0 heterocycles. The predicted molar refractivity (Wildman–Crippen MR) is 41.4 cm³/mol. The average molecular weight is 138 g/mol. The van der Waals surface area contributed by atoms with Crippen LogP contribution in [0.1, 0.15) is 32.1 Å². The number of terminal acetylenes is 1. The minimum absolute atomic E-state index is 0.121. The maximum atomic E-state index is 9.40. The number of aliphatic hydroxyl groups is 1.